The number of allylic oxidation sites excluding steroid dienone is 2. The second kappa shape index (κ2) is 15.1. The molecule has 12 rings (SSSR count). The van der Waals surface area contributed by atoms with Gasteiger partial charge in [0.05, 0.1) is 37.6 Å². The van der Waals surface area contributed by atoms with Gasteiger partial charge in [0, 0.05) is 24.7 Å². The van der Waals surface area contributed by atoms with Crippen molar-refractivity contribution in [3.8, 4) is 0 Å². The first-order valence-electron chi connectivity index (χ1n) is 25.9. The van der Waals surface area contributed by atoms with E-state index in [4.69, 9.17) is 18.9 Å². The van der Waals surface area contributed by atoms with Gasteiger partial charge < -0.3 is 34.6 Å². The van der Waals surface area contributed by atoms with Crippen molar-refractivity contribution in [2.75, 3.05) is 13.2 Å². The Hall–Kier alpha value is -0.800. The maximum atomic E-state index is 10.3. The van der Waals surface area contributed by atoms with E-state index in [0.29, 0.717) is 69.4 Å². The molecule has 4 saturated heterocycles. The zero-order valence-corrected chi connectivity index (χ0v) is 39.6. The van der Waals surface area contributed by atoms with E-state index < -0.39 is 0 Å². The third kappa shape index (κ3) is 6.31. The monoisotopic (exact) mass is 847 g/mol. The third-order valence-electron chi connectivity index (χ3n) is 22.7. The average Bonchev–Trinajstić information content (AvgIpc) is 3.87. The molecule has 0 unspecified atom stereocenters. The molecule has 0 radical (unpaired) electrons. The summed E-state index contributed by atoms with van der Waals surface area (Å²) in [4.78, 5) is 0. The Morgan fingerprint density at radius 1 is 0.525 bits per heavy atom. The largest absolute Gasteiger partial charge is 0.412 e. The smallest absolute Gasteiger partial charge is 0.171 e. The summed E-state index contributed by atoms with van der Waals surface area (Å²) in [6, 6.07) is 0. The average molecular weight is 847 g/mol. The van der Waals surface area contributed by atoms with Crippen molar-refractivity contribution in [3.63, 3.8) is 0 Å². The fourth-order valence-corrected chi connectivity index (χ4v) is 19.3. The highest BCUT2D eigenvalue weighted by molar-refractivity contribution is 5.28. The first-order chi connectivity index (χ1) is 28.5. The quantitative estimate of drug-likeness (QED) is 0.235. The van der Waals surface area contributed by atoms with E-state index in [0.717, 1.165) is 87.2 Å². The van der Waals surface area contributed by atoms with Crippen LogP contribution in [0.4, 0.5) is 0 Å². The van der Waals surface area contributed by atoms with E-state index in [9.17, 15) is 10.2 Å². The lowest BCUT2D eigenvalue weighted by molar-refractivity contribution is -0.272. The van der Waals surface area contributed by atoms with E-state index in [1.54, 1.807) is 11.1 Å². The van der Waals surface area contributed by atoms with Gasteiger partial charge in [-0.2, -0.15) is 0 Å². The van der Waals surface area contributed by atoms with Crippen molar-refractivity contribution in [2.45, 2.75) is 207 Å². The lowest BCUT2D eigenvalue weighted by Gasteiger charge is -2.58. The van der Waals surface area contributed by atoms with Crippen LogP contribution in [0.5, 0.6) is 0 Å². The second-order valence-electron chi connectivity index (χ2n) is 25.3. The number of hydrogen-bond acceptors (Lipinski definition) is 6. The van der Waals surface area contributed by atoms with Crippen LogP contribution in [0.3, 0.4) is 0 Å². The third-order valence-corrected chi connectivity index (χ3v) is 22.7. The number of aliphatic hydroxyl groups is 2. The summed E-state index contributed by atoms with van der Waals surface area (Å²) >= 11 is 0. The van der Waals surface area contributed by atoms with Crippen molar-refractivity contribution >= 4 is 0 Å². The molecular formula is C54H86O7. The van der Waals surface area contributed by atoms with Gasteiger partial charge >= 0.3 is 0 Å². The fourth-order valence-electron chi connectivity index (χ4n) is 19.3. The maximum Gasteiger partial charge on any atom is 0.171 e. The predicted octanol–water partition coefficient (Wildman–Crippen LogP) is 10.6. The summed E-state index contributed by atoms with van der Waals surface area (Å²) in [5.74, 6) is 7.87. The summed E-state index contributed by atoms with van der Waals surface area (Å²) < 4.78 is 26.7. The van der Waals surface area contributed by atoms with Gasteiger partial charge in [0.15, 0.2) is 11.6 Å². The molecular weight excluding hydrogens is 761 g/mol. The summed E-state index contributed by atoms with van der Waals surface area (Å²) in [5, 5.41) is 20.5. The molecule has 0 aromatic carbocycles. The number of aliphatic hydroxyl groups excluding tert-OH is 2. The predicted molar refractivity (Wildman–Crippen MR) is 239 cm³/mol. The number of fused-ring (bicyclic) bond motifs is 14. The van der Waals surface area contributed by atoms with Gasteiger partial charge in [-0.25, -0.2) is 0 Å². The van der Waals surface area contributed by atoms with Crippen LogP contribution in [-0.2, 0) is 18.9 Å². The highest BCUT2D eigenvalue weighted by Crippen LogP contribution is 2.72. The van der Waals surface area contributed by atoms with Gasteiger partial charge in [0.25, 0.3) is 0 Å². The van der Waals surface area contributed by atoms with Gasteiger partial charge in [0.2, 0.25) is 0 Å². The molecule has 12 aliphatic rings. The van der Waals surface area contributed by atoms with E-state index in [-0.39, 0.29) is 29.3 Å². The summed E-state index contributed by atoms with van der Waals surface area (Å²) in [5.41, 5.74) is 4.62. The minimum absolute atomic E-state index is 0. The minimum atomic E-state index is -0.294. The minimum Gasteiger partial charge on any atom is -0.412 e. The molecule has 7 nitrogen and oxygen atoms in total. The van der Waals surface area contributed by atoms with Crippen molar-refractivity contribution in [2.24, 2.45) is 92.7 Å². The van der Waals surface area contributed by atoms with Gasteiger partial charge in [-0.05, 0) is 184 Å². The van der Waals surface area contributed by atoms with Crippen LogP contribution in [0.25, 0.3) is 0 Å². The SMILES string of the molecule is C[C@@H]1CC[C@@]2(OC1)O[C@H]1C[C@H]3[C@@H]4CC=C5C[C@@H](O)CC[C@]5(C)[C@H]4CC[C@]3(C)[C@H]1[C@@H]2C.C[C@@H]1CC[C@@]2(OC1)O[C@H]1C[C@H]3[C@@H]4CC=C5C[C@@H](O)CC[C@]5(C)[C@H]4CC[C@]3(C)[C@H]1[C@@H]2C.O. The lowest BCUT2D eigenvalue weighted by atomic mass is 9.47. The van der Waals surface area contributed by atoms with Gasteiger partial charge in [-0.3, -0.25) is 0 Å². The standard InChI is InChI=1S/2C27H42O3.H2O/c2*1-16-7-12-27(29-15-16)17(2)24-23(30-27)14-22-20-6-5-18-13-19(28)8-10-25(18,3)21(20)9-11-26(22,24)4;/h2*5,16-17,19-24,28H,6-15H2,1-4H3;1H2/t2*16-,17+,19+,20-,21+,22+,23+,24+,25+,26+,27-;/m11./s1. The summed E-state index contributed by atoms with van der Waals surface area (Å²) in [6.07, 6.45) is 26.9. The van der Waals surface area contributed by atoms with E-state index in [2.05, 4.69) is 67.5 Å². The second-order valence-corrected chi connectivity index (χ2v) is 25.3. The Labute approximate surface area is 369 Å². The van der Waals surface area contributed by atoms with E-state index >= 15 is 0 Å². The Kier molecular flexibility index (Phi) is 10.9. The Morgan fingerprint density at radius 3 is 1.31 bits per heavy atom. The fraction of sp³-hybridized carbons (Fsp3) is 0.926. The maximum absolute atomic E-state index is 10.3. The normalized spacial score (nSPS) is 58.9. The number of rotatable bonds is 0. The van der Waals surface area contributed by atoms with Gasteiger partial charge in [-0.1, -0.05) is 78.7 Å². The van der Waals surface area contributed by atoms with Gasteiger partial charge in [-0.15, -0.1) is 0 Å². The zero-order valence-electron chi connectivity index (χ0n) is 39.6. The van der Waals surface area contributed by atoms with E-state index in [1.807, 2.05) is 0 Å². The molecule has 6 saturated carbocycles. The van der Waals surface area contributed by atoms with Crippen LogP contribution >= 0.6 is 0 Å². The van der Waals surface area contributed by atoms with Crippen molar-refractivity contribution < 1.29 is 34.6 Å². The lowest BCUT2D eigenvalue weighted by Crippen LogP contribution is -2.52. The molecule has 0 aromatic rings. The van der Waals surface area contributed by atoms with Crippen LogP contribution in [-0.4, -0.2) is 64.9 Å². The Morgan fingerprint density at radius 2 is 0.934 bits per heavy atom. The van der Waals surface area contributed by atoms with Crippen LogP contribution in [0, 0.1) is 92.7 Å². The van der Waals surface area contributed by atoms with Crippen LogP contribution < -0.4 is 0 Å². The topological polar surface area (TPSA) is 109 Å². The Bertz CT molecular complexity index is 1600. The summed E-state index contributed by atoms with van der Waals surface area (Å²) in [6.45, 7) is 21.6. The molecule has 4 heterocycles. The molecule has 0 bridgehead atoms. The first-order valence-corrected chi connectivity index (χ1v) is 25.9. The molecule has 10 fully saturated rings. The molecule has 0 amide bonds. The highest BCUT2D eigenvalue weighted by Gasteiger charge is 2.70. The van der Waals surface area contributed by atoms with Crippen LogP contribution in [0.2, 0.25) is 0 Å². The molecule has 344 valence electrons. The van der Waals surface area contributed by atoms with Crippen molar-refractivity contribution in [3.05, 3.63) is 23.3 Å². The highest BCUT2D eigenvalue weighted by atomic mass is 16.7. The van der Waals surface area contributed by atoms with E-state index in [1.165, 1.54) is 77.0 Å². The molecule has 22 atom stereocenters. The van der Waals surface area contributed by atoms with Crippen molar-refractivity contribution in [1.82, 2.24) is 0 Å². The van der Waals surface area contributed by atoms with Gasteiger partial charge in [0.1, 0.15) is 0 Å². The number of hydrogen-bond donors (Lipinski definition) is 2. The Balaban J connectivity index is 0.000000144. The molecule has 7 heteroatoms. The molecule has 61 heavy (non-hydrogen) atoms. The molecule has 4 aliphatic heterocycles. The van der Waals surface area contributed by atoms with Crippen molar-refractivity contribution in [1.29, 1.82) is 0 Å². The summed E-state index contributed by atoms with van der Waals surface area (Å²) in [7, 11) is 0. The van der Waals surface area contributed by atoms with Crippen LogP contribution in [0.1, 0.15) is 171 Å². The first kappa shape index (κ1) is 44.1. The molecule has 4 N–H and O–H groups in total. The molecule has 0 aromatic heterocycles. The zero-order chi connectivity index (χ0) is 41.8. The number of ether oxygens (including phenoxy) is 4. The molecule has 8 aliphatic carbocycles. The molecule has 2 spiro atoms. The van der Waals surface area contributed by atoms with Crippen LogP contribution in [0.15, 0.2) is 23.3 Å².